The second-order valence-corrected chi connectivity index (χ2v) is 6.93. The monoisotopic (exact) mass is 290 g/mol. The van der Waals surface area contributed by atoms with Gasteiger partial charge in [0.2, 0.25) is 0 Å². The van der Waals surface area contributed by atoms with Crippen LogP contribution in [0.4, 0.5) is 0 Å². The Kier molecular flexibility index (Phi) is 2.89. The van der Waals surface area contributed by atoms with Crippen LogP contribution in [0.1, 0.15) is 9.67 Å². The van der Waals surface area contributed by atoms with Gasteiger partial charge in [0.15, 0.2) is 9.84 Å². The van der Waals surface area contributed by atoms with Crippen LogP contribution in [0.15, 0.2) is 23.1 Å². The van der Waals surface area contributed by atoms with Crippen LogP contribution in [0.2, 0.25) is 5.02 Å². The maximum absolute atomic E-state index is 11.4. The van der Waals surface area contributed by atoms with Gasteiger partial charge in [-0.3, -0.25) is 0 Å². The van der Waals surface area contributed by atoms with Gasteiger partial charge in [-0.15, -0.1) is 11.3 Å². The van der Waals surface area contributed by atoms with Crippen molar-refractivity contribution in [2.75, 3.05) is 6.26 Å². The molecule has 2 aromatic rings. The molecule has 1 N–H and O–H groups in total. The van der Waals surface area contributed by atoms with Gasteiger partial charge in [0.05, 0.1) is 9.92 Å². The van der Waals surface area contributed by atoms with Gasteiger partial charge in [0.1, 0.15) is 4.88 Å². The molecule has 0 fully saturated rings. The lowest BCUT2D eigenvalue weighted by Crippen LogP contribution is -1.95. The highest BCUT2D eigenvalue weighted by molar-refractivity contribution is 7.90. The Balaban J connectivity index is 2.77. The number of carbonyl (C=O) groups is 1. The Bertz CT molecular complexity index is 715. The maximum Gasteiger partial charge on any atom is 0.347 e. The third kappa shape index (κ3) is 2.15. The molecule has 17 heavy (non-hydrogen) atoms. The Hall–Kier alpha value is -1.11. The fourth-order valence-electron chi connectivity index (χ4n) is 1.41. The van der Waals surface area contributed by atoms with E-state index in [0.717, 1.165) is 17.6 Å². The first kappa shape index (κ1) is 12.3. The van der Waals surface area contributed by atoms with Crippen LogP contribution in [0, 0.1) is 0 Å². The Morgan fingerprint density at radius 1 is 1.41 bits per heavy atom. The van der Waals surface area contributed by atoms with Gasteiger partial charge in [-0.05, 0) is 12.1 Å². The van der Waals surface area contributed by atoms with Gasteiger partial charge < -0.3 is 5.11 Å². The number of rotatable bonds is 2. The normalized spacial score (nSPS) is 11.9. The highest BCUT2D eigenvalue weighted by atomic mass is 35.5. The van der Waals surface area contributed by atoms with Gasteiger partial charge in [-0.1, -0.05) is 17.7 Å². The number of halogens is 1. The molecule has 1 aromatic heterocycles. The molecule has 0 aliphatic heterocycles. The average molecular weight is 291 g/mol. The number of benzene rings is 1. The minimum atomic E-state index is -3.30. The minimum Gasteiger partial charge on any atom is -0.477 e. The molecule has 4 nitrogen and oxygen atoms in total. The van der Waals surface area contributed by atoms with Crippen molar-refractivity contribution in [1.82, 2.24) is 0 Å². The second-order valence-electron chi connectivity index (χ2n) is 3.48. The van der Waals surface area contributed by atoms with Crippen molar-refractivity contribution in [2.24, 2.45) is 0 Å². The summed E-state index contributed by atoms with van der Waals surface area (Å²) < 4.78 is 23.3. The Morgan fingerprint density at radius 3 is 2.59 bits per heavy atom. The molecule has 2 rings (SSSR count). The predicted octanol–water partition coefficient (Wildman–Crippen LogP) is 2.66. The van der Waals surface area contributed by atoms with Crippen LogP contribution < -0.4 is 0 Å². The van der Waals surface area contributed by atoms with Crippen molar-refractivity contribution in [3.8, 4) is 0 Å². The smallest absolute Gasteiger partial charge is 0.347 e. The standard InChI is InChI=1S/C10H7ClO4S2/c1-17(14,15)5-2-3-6-7(4-5)16-9(8(6)11)10(12)13/h2-4H,1H3,(H,12,13). The SMILES string of the molecule is CS(=O)(=O)c1ccc2c(Cl)c(C(=O)O)sc2c1. The second kappa shape index (κ2) is 3.97. The highest BCUT2D eigenvalue weighted by Crippen LogP contribution is 2.36. The predicted molar refractivity (Wildman–Crippen MR) is 66.9 cm³/mol. The molecule has 0 aliphatic rings. The van der Waals surface area contributed by atoms with Crippen LogP contribution in [0.3, 0.4) is 0 Å². The summed E-state index contributed by atoms with van der Waals surface area (Å²) in [5.74, 6) is -1.11. The van der Waals surface area contributed by atoms with Crippen LogP contribution in [0.5, 0.6) is 0 Å². The number of carboxylic acids is 1. The van der Waals surface area contributed by atoms with Gasteiger partial charge >= 0.3 is 5.97 Å². The van der Waals surface area contributed by atoms with E-state index in [-0.39, 0.29) is 14.8 Å². The van der Waals surface area contributed by atoms with E-state index in [0.29, 0.717) is 10.1 Å². The van der Waals surface area contributed by atoms with E-state index in [1.807, 2.05) is 0 Å². The summed E-state index contributed by atoms with van der Waals surface area (Å²) in [4.78, 5) is 11.1. The summed E-state index contributed by atoms with van der Waals surface area (Å²) in [5.41, 5.74) is 0. The average Bonchev–Trinajstić information content (AvgIpc) is 2.54. The number of hydrogen-bond donors (Lipinski definition) is 1. The Morgan fingerprint density at radius 2 is 2.06 bits per heavy atom. The summed E-state index contributed by atoms with van der Waals surface area (Å²) in [5, 5.41) is 9.61. The fraction of sp³-hybridized carbons (Fsp3) is 0.100. The van der Waals surface area contributed by atoms with Crippen molar-refractivity contribution in [1.29, 1.82) is 0 Å². The summed E-state index contributed by atoms with van der Waals surface area (Å²) in [6.07, 6.45) is 1.10. The van der Waals surface area contributed by atoms with Crippen LogP contribution in [0.25, 0.3) is 10.1 Å². The molecule has 1 heterocycles. The number of thiophene rings is 1. The number of hydrogen-bond acceptors (Lipinski definition) is 4. The van der Waals surface area contributed by atoms with E-state index in [9.17, 15) is 13.2 Å². The number of fused-ring (bicyclic) bond motifs is 1. The first-order chi connectivity index (χ1) is 7.80. The van der Waals surface area contributed by atoms with E-state index < -0.39 is 15.8 Å². The molecule has 0 saturated heterocycles. The lowest BCUT2D eigenvalue weighted by atomic mass is 10.2. The zero-order valence-electron chi connectivity index (χ0n) is 8.60. The summed E-state index contributed by atoms with van der Waals surface area (Å²) >= 11 is 6.87. The van der Waals surface area contributed by atoms with Crippen molar-refractivity contribution in [2.45, 2.75) is 4.90 Å². The molecule has 0 unspecified atom stereocenters. The van der Waals surface area contributed by atoms with E-state index in [2.05, 4.69) is 0 Å². The van der Waals surface area contributed by atoms with Gasteiger partial charge in [-0.25, -0.2) is 13.2 Å². The third-order valence-corrected chi connectivity index (χ3v) is 4.98. The topological polar surface area (TPSA) is 71.4 Å². The van der Waals surface area contributed by atoms with E-state index in [1.54, 1.807) is 0 Å². The molecule has 0 atom stereocenters. The van der Waals surface area contributed by atoms with Crippen molar-refractivity contribution < 1.29 is 18.3 Å². The molecule has 0 amide bonds. The zero-order chi connectivity index (χ0) is 12.8. The third-order valence-electron chi connectivity index (χ3n) is 2.22. The Labute approximate surface area is 106 Å². The number of aromatic carboxylic acids is 1. The summed E-state index contributed by atoms with van der Waals surface area (Å²) in [6, 6.07) is 4.38. The quantitative estimate of drug-likeness (QED) is 0.923. The largest absolute Gasteiger partial charge is 0.477 e. The fourth-order valence-corrected chi connectivity index (χ4v) is 3.53. The van der Waals surface area contributed by atoms with Crippen LogP contribution in [-0.2, 0) is 9.84 Å². The van der Waals surface area contributed by atoms with Gasteiger partial charge in [0, 0.05) is 16.3 Å². The molecule has 90 valence electrons. The summed E-state index contributed by atoms with van der Waals surface area (Å²) in [7, 11) is -3.30. The lowest BCUT2D eigenvalue weighted by Gasteiger charge is -1.97. The first-order valence-electron chi connectivity index (χ1n) is 4.46. The number of sulfone groups is 1. The van der Waals surface area contributed by atoms with E-state index in [4.69, 9.17) is 16.7 Å². The van der Waals surface area contributed by atoms with Crippen molar-refractivity contribution in [3.63, 3.8) is 0 Å². The van der Waals surface area contributed by atoms with Gasteiger partial charge in [-0.2, -0.15) is 0 Å². The molecule has 0 bridgehead atoms. The van der Waals surface area contributed by atoms with Crippen LogP contribution in [-0.4, -0.2) is 25.7 Å². The number of carboxylic acid groups (broad SMARTS) is 1. The van der Waals surface area contributed by atoms with E-state index in [1.165, 1.54) is 18.2 Å². The molecule has 0 saturated carbocycles. The molecular formula is C10H7ClO4S2. The van der Waals surface area contributed by atoms with Crippen LogP contribution >= 0.6 is 22.9 Å². The van der Waals surface area contributed by atoms with Gasteiger partial charge in [0.25, 0.3) is 0 Å². The lowest BCUT2D eigenvalue weighted by molar-refractivity contribution is 0.0702. The molecule has 0 aliphatic carbocycles. The molecule has 0 spiro atoms. The first-order valence-corrected chi connectivity index (χ1v) is 7.54. The maximum atomic E-state index is 11.4. The molecule has 0 radical (unpaired) electrons. The molecule has 7 heteroatoms. The van der Waals surface area contributed by atoms with E-state index >= 15 is 0 Å². The minimum absolute atomic E-state index is 0.0207. The van der Waals surface area contributed by atoms with Crippen molar-refractivity contribution >= 4 is 48.8 Å². The zero-order valence-corrected chi connectivity index (χ0v) is 11.0. The summed E-state index contributed by atoms with van der Waals surface area (Å²) in [6.45, 7) is 0. The highest BCUT2D eigenvalue weighted by Gasteiger charge is 2.17. The molecule has 1 aromatic carbocycles. The van der Waals surface area contributed by atoms with Crippen molar-refractivity contribution in [3.05, 3.63) is 28.1 Å². The molecular weight excluding hydrogens is 284 g/mol.